The molecule has 1 N–H and O–H groups in total. The fourth-order valence-electron chi connectivity index (χ4n) is 2.21. The van der Waals surface area contributed by atoms with E-state index in [2.05, 4.69) is 15.3 Å². The number of likely N-dealkylation sites (N-methyl/N-ethyl adjacent to an activating group) is 1. The monoisotopic (exact) mass is 361 g/mol. The SMILES string of the molecule is CCNC(=O)COC(=O)N1CCN(c2nccc(C(F)(F)F)n2)CC1. The van der Waals surface area contributed by atoms with Gasteiger partial charge < -0.3 is 19.9 Å². The summed E-state index contributed by atoms with van der Waals surface area (Å²) in [6.07, 6.45) is -4.13. The van der Waals surface area contributed by atoms with Crippen molar-refractivity contribution in [2.75, 3.05) is 44.2 Å². The largest absolute Gasteiger partial charge is 0.439 e. The fourth-order valence-corrected chi connectivity index (χ4v) is 2.21. The number of carbonyl (C=O) groups is 2. The number of anilines is 1. The van der Waals surface area contributed by atoms with Crippen LogP contribution in [0.3, 0.4) is 0 Å². The molecule has 0 bridgehead atoms. The zero-order chi connectivity index (χ0) is 18.4. The standard InChI is InChI=1S/C14H18F3N5O3/c1-2-18-11(23)9-25-13(24)22-7-5-21(6-8-22)12-19-4-3-10(20-12)14(15,16)17/h3-4H,2,5-9H2,1H3,(H,18,23). The average Bonchev–Trinajstić information content (AvgIpc) is 2.59. The van der Waals surface area contributed by atoms with E-state index in [1.165, 1.54) is 4.90 Å². The highest BCUT2D eigenvalue weighted by molar-refractivity contribution is 5.80. The van der Waals surface area contributed by atoms with Gasteiger partial charge in [0.05, 0.1) is 0 Å². The lowest BCUT2D eigenvalue weighted by Crippen LogP contribution is -2.50. The number of hydrogen-bond acceptors (Lipinski definition) is 6. The van der Waals surface area contributed by atoms with Crippen LogP contribution in [0.4, 0.5) is 23.9 Å². The maximum Gasteiger partial charge on any atom is 0.433 e. The van der Waals surface area contributed by atoms with E-state index < -0.39 is 23.9 Å². The van der Waals surface area contributed by atoms with Crippen molar-refractivity contribution in [1.82, 2.24) is 20.2 Å². The number of nitrogens with zero attached hydrogens (tertiary/aromatic N) is 4. The minimum Gasteiger partial charge on any atom is -0.439 e. The van der Waals surface area contributed by atoms with Gasteiger partial charge in [-0.25, -0.2) is 14.8 Å². The first kappa shape index (κ1) is 18.7. The summed E-state index contributed by atoms with van der Waals surface area (Å²) in [6, 6.07) is 0.804. The molecule has 1 aromatic heterocycles. The quantitative estimate of drug-likeness (QED) is 0.857. The number of carbonyl (C=O) groups excluding carboxylic acids is 2. The fraction of sp³-hybridized carbons (Fsp3) is 0.571. The number of aromatic nitrogens is 2. The molecule has 1 aromatic rings. The molecule has 0 aliphatic carbocycles. The van der Waals surface area contributed by atoms with Gasteiger partial charge in [-0.15, -0.1) is 0 Å². The van der Waals surface area contributed by atoms with Crippen LogP contribution in [-0.4, -0.2) is 66.2 Å². The Kier molecular flexibility index (Phi) is 5.99. The summed E-state index contributed by atoms with van der Waals surface area (Å²) in [5.41, 5.74) is -1.01. The molecule has 25 heavy (non-hydrogen) atoms. The van der Waals surface area contributed by atoms with Crippen molar-refractivity contribution < 1.29 is 27.5 Å². The van der Waals surface area contributed by atoms with E-state index >= 15 is 0 Å². The molecule has 0 atom stereocenters. The van der Waals surface area contributed by atoms with Crippen LogP contribution in [0.15, 0.2) is 12.3 Å². The van der Waals surface area contributed by atoms with Crippen LogP contribution >= 0.6 is 0 Å². The molecule has 0 radical (unpaired) electrons. The van der Waals surface area contributed by atoms with Gasteiger partial charge in [0.25, 0.3) is 5.91 Å². The van der Waals surface area contributed by atoms with Crippen molar-refractivity contribution in [2.45, 2.75) is 13.1 Å². The van der Waals surface area contributed by atoms with E-state index in [-0.39, 0.29) is 38.7 Å². The smallest absolute Gasteiger partial charge is 0.433 e. The second-order valence-corrected chi connectivity index (χ2v) is 5.22. The first-order valence-corrected chi connectivity index (χ1v) is 7.65. The van der Waals surface area contributed by atoms with E-state index in [9.17, 15) is 22.8 Å². The number of rotatable bonds is 4. The number of halogens is 3. The third kappa shape index (κ3) is 5.19. The topological polar surface area (TPSA) is 87.7 Å². The van der Waals surface area contributed by atoms with E-state index in [0.717, 1.165) is 12.3 Å². The van der Waals surface area contributed by atoms with Crippen molar-refractivity contribution in [3.8, 4) is 0 Å². The lowest BCUT2D eigenvalue weighted by atomic mass is 10.3. The van der Waals surface area contributed by atoms with Crippen molar-refractivity contribution in [3.63, 3.8) is 0 Å². The highest BCUT2D eigenvalue weighted by Crippen LogP contribution is 2.28. The van der Waals surface area contributed by atoms with Gasteiger partial charge in [0.2, 0.25) is 5.95 Å². The van der Waals surface area contributed by atoms with Crippen LogP contribution < -0.4 is 10.2 Å². The van der Waals surface area contributed by atoms with Gasteiger partial charge in [-0.2, -0.15) is 13.2 Å². The molecule has 1 fully saturated rings. The molecule has 0 aromatic carbocycles. The number of alkyl halides is 3. The maximum absolute atomic E-state index is 12.7. The first-order chi connectivity index (χ1) is 11.8. The Morgan fingerprint density at radius 2 is 1.96 bits per heavy atom. The van der Waals surface area contributed by atoms with Gasteiger partial charge in [-0.1, -0.05) is 0 Å². The predicted octanol–water partition coefficient (Wildman–Crippen LogP) is 0.890. The minimum atomic E-state index is -4.54. The van der Waals surface area contributed by atoms with Crippen molar-refractivity contribution in [2.24, 2.45) is 0 Å². The molecule has 138 valence electrons. The Balaban J connectivity index is 1.87. The van der Waals surface area contributed by atoms with Crippen LogP contribution in [0, 0.1) is 0 Å². The lowest BCUT2D eigenvalue weighted by molar-refractivity contribution is -0.141. The molecule has 11 heteroatoms. The van der Waals surface area contributed by atoms with E-state index in [4.69, 9.17) is 4.74 Å². The zero-order valence-electron chi connectivity index (χ0n) is 13.5. The highest BCUT2D eigenvalue weighted by atomic mass is 19.4. The number of piperazine rings is 1. The molecule has 1 saturated heterocycles. The van der Waals surface area contributed by atoms with E-state index in [1.54, 1.807) is 11.8 Å². The van der Waals surface area contributed by atoms with Gasteiger partial charge >= 0.3 is 12.3 Å². The van der Waals surface area contributed by atoms with Gasteiger partial charge in [0.15, 0.2) is 6.61 Å². The molecule has 0 spiro atoms. The van der Waals surface area contributed by atoms with Crippen LogP contribution in [0.2, 0.25) is 0 Å². The van der Waals surface area contributed by atoms with E-state index in [0.29, 0.717) is 6.54 Å². The molecule has 0 saturated carbocycles. The zero-order valence-corrected chi connectivity index (χ0v) is 13.5. The molecule has 2 rings (SSSR count). The summed E-state index contributed by atoms with van der Waals surface area (Å²) in [6.45, 7) is 2.79. The summed E-state index contributed by atoms with van der Waals surface area (Å²) < 4.78 is 43.0. The third-order valence-electron chi connectivity index (χ3n) is 3.45. The van der Waals surface area contributed by atoms with Gasteiger partial charge in [-0.3, -0.25) is 4.79 Å². The predicted molar refractivity (Wildman–Crippen MR) is 80.9 cm³/mol. The maximum atomic E-state index is 12.7. The van der Waals surface area contributed by atoms with Crippen LogP contribution in [-0.2, 0) is 15.7 Å². The number of amides is 2. The number of ether oxygens (including phenoxy) is 1. The molecule has 1 aliphatic heterocycles. The Bertz CT molecular complexity index is 618. The lowest BCUT2D eigenvalue weighted by Gasteiger charge is -2.34. The van der Waals surface area contributed by atoms with Gasteiger partial charge in [0, 0.05) is 38.9 Å². The third-order valence-corrected chi connectivity index (χ3v) is 3.45. The first-order valence-electron chi connectivity index (χ1n) is 7.65. The Labute approximate surface area is 142 Å². The molecule has 8 nitrogen and oxygen atoms in total. The van der Waals surface area contributed by atoms with Crippen molar-refractivity contribution in [1.29, 1.82) is 0 Å². The number of hydrogen-bond donors (Lipinski definition) is 1. The highest BCUT2D eigenvalue weighted by Gasteiger charge is 2.33. The van der Waals surface area contributed by atoms with Crippen molar-refractivity contribution >= 4 is 17.9 Å². The summed E-state index contributed by atoms with van der Waals surface area (Å²) in [5.74, 6) is -0.433. The van der Waals surface area contributed by atoms with Gasteiger partial charge in [-0.05, 0) is 13.0 Å². The molecule has 1 aliphatic rings. The van der Waals surface area contributed by atoms with E-state index in [1.807, 2.05) is 0 Å². The molecular weight excluding hydrogens is 343 g/mol. The second-order valence-electron chi connectivity index (χ2n) is 5.22. The normalized spacial score (nSPS) is 15.0. The second kappa shape index (κ2) is 7.99. The van der Waals surface area contributed by atoms with Gasteiger partial charge in [0.1, 0.15) is 5.69 Å². The van der Waals surface area contributed by atoms with Crippen LogP contribution in [0.5, 0.6) is 0 Å². The molecular formula is C14H18F3N5O3. The summed E-state index contributed by atoms with van der Waals surface area (Å²) in [7, 11) is 0. The molecule has 0 unspecified atom stereocenters. The van der Waals surface area contributed by atoms with Crippen LogP contribution in [0.25, 0.3) is 0 Å². The Morgan fingerprint density at radius 3 is 2.56 bits per heavy atom. The Hall–Kier alpha value is -2.59. The van der Waals surface area contributed by atoms with Crippen LogP contribution in [0.1, 0.15) is 12.6 Å². The average molecular weight is 361 g/mol. The summed E-state index contributed by atoms with van der Waals surface area (Å²) >= 11 is 0. The minimum absolute atomic E-state index is 0.0369. The summed E-state index contributed by atoms with van der Waals surface area (Å²) in [5, 5.41) is 2.50. The molecule has 2 heterocycles. The molecule has 2 amide bonds. The number of nitrogens with one attached hydrogen (secondary N) is 1. The Morgan fingerprint density at radius 1 is 1.28 bits per heavy atom. The summed E-state index contributed by atoms with van der Waals surface area (Å²) in [4.78, 5) is 33.4. The van der Waals surface area contributed by atoms with Crippen molar-refractivity contribution in [3.05, 3.63) is 18.0 Å².